The molecule has 3 aromatic rings. The Kier molecular flexibility index (Phi) is 11.9. The molecule has 8 heteroatoms. The Hall–Kier alpha value is -4.04. The van der Waals surface area contributed by atoms with Crippen LogP contribution in [0.2, 0.25) is 5.04 Å². The van der Waals surface area contributed by atoms with Crippen LogP contribution in [0.15, 0.2) is 85.5 Å². The summed E-state index contributed by atoms with van der Waals surface area (Å²) in [4.78, 5) is 30.0. The maximum Gasteiger partial charge on any atom is 0.329 e. The minimum Gasteiger partial charge on any atom is -0.531 e. The summed E-state index contributed by atoms with van der Waals surface area (Å²) in [5.41, 5.74) is 0.825. The molecule has 0 unspecified atom stereocenters. The van der Waals surface area contributed by atoms with Crippen LogP contribution in [0.1, 0.15) is 83.6 Å². The predicted octanol–water partition coefficient (Wildman–Crippen LogP) is 7.42. The average Bonchev–Trinajstić information content (AvgIpc) is 3.13. The van der Waals surface area contributed by atoms with Crippen LogP contribution in [0.3, 0.4) is 0 Å². The summed E-state index contributed by atoms with van der Waals surface area (Å²) in [6, 6.07) is 24.3. The van der Waals surface area contributed by atoms with E-state index in [1.807, 2.05) is 24.3 Å². The van der Waals surface area contributed by atoms with Crippen LogP contribution in [0, 0.1) is 5.92 Å². The van der Waals surface area contributed by atoms with Gasteiger partial charge in [0.05, 0.1) is 20.1 Å². The molecule has 49 heavy (non-hydrogen) atoms. The van der Waals surface area contributed by atoms with Gasteiger partial charge in [-0.25, -0.2) is 4.79 Å². The second kappa shape index (κ2) is 16.1. The monoisotopic (exact) mass is 683 g/mol. The van der Waals surface area contributed by atoms with E-state index in [1.165, 1.54) is 0 Å². The Morgan fingerprint density at radius 1 is 0.857 bits per heavy atom. The van der Waals surface area contributed by atoms with Crippen LogP contribution >= 0.6 is 0 Å². The smallest absolute Gasteiger partial charge is 0.329 e. The third kappa shape index (κ3) is 7.59. The number of carbonyl (C=O) groups is 2. The Labute approximate surface area is 293 Å². The van der Waals surface area contributed by atoms with Crippen molar-refractivity contribution in [2.75, 3.05) is 27.4 Å². The van der Waals surface area contributed by atoms with E-state index >= 15 is 0 Å². The number of amides is 1. The van der Waals surface area contributed by atoms with Crippen molar-refractivity contribution in [3.8, 4) is 17.2 Å². The summed E-state index contributed by atoms with van der Waals surface area (Å²) in [7, 11) is 0.190. The number of esters is 1. The molecule has 0 radical (unpaired) electrons. The highest BCUT2D eigenvalue weighted by molar-refractivity contribution is 7.00. The van der Waals surface area contributed by atoms with Crippen molar-refractivity contribution in [2.24, 2.45) is 5.92 Å². The third-order valence-electron chi connectivity index (χ3n) is 10.3. The number of benzene rings is 3. The second-order valence-electron chi connectivity index (χ2n) is 14.4. The van der Waals surface area contributed by atoms with E-state index in [-0.39, 0.29) is 29.4 Å². The van der Waals surface area contributed by atoms with E-state index in [0.717, 1.165) is 60.9 Å². The van der Waals surface area contributed by atoms with Crippen molar-refractivity contribution in [1.82, 2.24) is 4.90 Å². The lowest BCUT2D eigenvalue weighted by molar-refractivity contribution is -0.157. The number of piperidine rings is 1. The molecule has 1 amide bonds. The summed E-state index contributed by atoms with van der Waals surface area (Å²) in [6.45, 7) is 11.1. The van der Waals surface area contributed by atoms with Crippen molar-refractivity contribution < 1.29 is 28.2 Å². The van der Waals surface area contributed by atoms with Gasteiger partial charge in [0.25, 0.3) is 0 Å². The van der Waals surface area contributed by atoms with Crippen LogP contribution in [-0.4, -0.2) is 58.5 Å². The molecule has 3 aromatic carbocycles. The number of methoxy groups -OCH3 is 2. The fraction of sp³-hybridized carbons (Fsp3) is 0.463. The summed E-state index contributed by atoms with van der Waals surface area (Å²) < 4.78 is 25.1. The fourth-order valence-electron chi connectivity index (χ4n) is 7.96. The molecule has 7 nitrogen and oxygen atoms in total. The summed E-state index contributed by atoms with van der Waals surface area (Å²) in [5, 5.41) is 1.97. The molecule has 262 valence electrons. The lowest BCUT2D eigenvalue weighted by Crippen LogP contribution is -2.68. The fourth-order valence-corrected chi connectivity index (χ4v) is 12.4. The van der Waals surface area contributed by atoms with E-state index in [0.29, 0.717) is 30.2 Å². The Balaban J connectivity index is 1.68. The average molecular weight is 684 g/mol. The number of ether oxygens (including phenoxy) is 3. The molecule has 2 atom stereocenters. The zero-order valence-electron chi connectivity index (χ0n) is 29.9. The van der Waals surface area contributed by atoms with Crippen LogP contribution in [0.25, 0.3) is 0 Å². The number of nitrogens with zero attached hydrogens (tertiary/aromatic N) is 1. The molecule has 1 aliphatic heterocycles. The van der Waals surface area contributed by atoms with Crippen LogP contribution in [0.4, 0.5) is 0 Å². The van der Waals surface area contributed by atoms with Gasteiger partial charge in [0.2, 0.25) is 11.7 Å². The normalized spacial score (nSPS) is 17.9. The van der Waals surface area contributed by atoms with Gasteiger partial charge in [-0.3, -0.25) is 4.79 Å². The molecule has 2 fully saturated rings. The first-order valence-electron chi connectivity index (χ1n) is 17.8. The maximum atomic E-state index is 14.9. The number of hydrogen-bond acceptors (Lipinski definition) is 6. The number of hydrogen-bond donors (Lipinski definition) is 0. The van der Waals surface area contributed by atoms with Crippen LogP contribution in [-0.2, 0) is 14.3 Å². The van der Waals surface area contributed by atoms with Gasteiger partial charge in [0.1, 0.15) is 12.6 Å². The molecular weight excluding hydrogens is 631 g/mol. The molecule has 0 spiro atoms. The summed E-state index contributed by atoms with van der Waals surface area (Å²) in [6.07, 6.45) is 9.05. The zero-order chi connectivity index (χ0) is 35.0. The number of carbonyl (C=O) groups excluding carboxylic acids is 2. The van der Waals surface area contributed by atoms with Crippen molar-refractivity contribution in [3.05, 3.63) is 91.0 Å². The van der Waals surface area contributed by atoms with E-state index in [2.05, 4.69) is 75.9 Å². The minimum absolute atomic E-state index is 0.0317. The van der Waals surface area contributed by atoms with Gasteiger partial charge in [-0.2, -0.15) is 0 Å². The molecule has 2 aliphatic rings. The van der Waals surface area contributed by atoms with Gasteiger partial charge in [0, 0.05) is 6.54 Å². The van der Waals surface area contributed by atoms with Gasteiger partial charge < -0.3 is 23.5 Å². The van der Waals surface area contributed by atoms with Gasteiger partial charge in [0.15, 0.2) is 11.5 Å². The van der Waals surface area contributed by atoms with Crippen molar-refractivity contribution in [1.29, 1.82) is 0 Å². The Morgan fingerprint density at radius 2 is 1.45 bits per heavy atom. The second-order valence-corrected chi connectivity index (χ2v) is 18.6. The van der Waals surface area contributed by atoms with E-state index in [4.69, 9.17) is 18.6 Å². The van der Waals surface area contributed by atoms with Crippen LogP contribution in [0.5, 0.6) is 17.2 Å². The van der Waals surface area contributed by atoms with Crippen molar-refractivity contribution >= 4 is 30.6 Å². The number of likely N-dealkylation sites (tertiary alicyclic amines) is 1. The lowest BCUT2D eigenvalue weighted by atomic mass is 9.75. The molecule has 1 saturated carbocycles. The quantitative estimate of drug-likeness (QED) is 0.112. The molecule has 0 bridgehead atoms. The molecule has 0 aromatic heterocycles. The molecule has 1 heterocycles. The highest BCUT2D eigenvalue weighted by Gasteiger charge is 2.53. The zero-order valence-corrected chi connectivity index (χ0v) is 30.9. The molecule has 0 N–H and O–H groups in total. The van der Waals surface area contributed by atoms with Gasteiger partial charge in [-0.05, 0) is 71.1 Å². The topological polar surface area (TPSA) is 74.3 Å². The highest BCUT2D eigenvalue weighted by atomic mass is 28.4. The van der Waals surface area contributed by atoms with Crippen LogP contribution < -0.4 is 24.3 Å². The van der Waals surface area contributed by atoms with E-state index in [9.17, 15) is 9.59 Å². The largest absolute Gasteiger partial charge is 0.531 e. The Morgan fingerprint density at radius 3 is 2.00 bits per heavy atom. The molecule has 1 saturated heterocycles. The first kappa shape index (κ1) is 36.2. The van der Waals surface area contributed by atoms with E-state index < -0.39 is 20.3 Å². The maximum absolute atomic E-state index is 14.9. The lowest BCUT2D eigenvalue weighted by Gasteiger charge is -2.43. The Bertz CT molecular complexity index is 1520. The predicted molar refractivity (Wildman–Crippen MR) is 198 cm³/mol. The summed E-state index contributed by atoms with van der Waals surface area (Å²) in [5.74, 6) is 0.816. The van der Waals surface area contributed by atoms with Gasteiger partial charge in [-0.1, -0.05) is 113 Å². The van der Waals surface area contributed by atoms with Gasteiger partial charge in [-0.15, -0.1) is 0 Å². The van der Waals surface area contributed by atoms with Crippen molar-refractivity contribution in [3.63, 3.8) is 0 Å². The first-order chi connectivity index (χ1) is 23.7. The van der Waals surface area contributed by atoms with Crippen molar-refractivity contribution in [2.45, 2.75) is 89.1 Å². The first-order valence-corrected chi connectivity index (χ1v) is 19.7. The van der Waals surface area contributed by atoms with E-state index in [1.54, 1.807) is 25.2 Å². The molecule has 5 rings (SSSR count). The summed E-state index contributed by atoms with van der Waals surface area (Å²) >= 11 is 0. The third-order valence-corrected chi connectivity index (χ3v) is 15.2. The standard InChI is InChI=1S/C41H53NO6Si/c1-7-27-47-40(44)34-25-17-18-26-42(34)39(43)37(30-19-11-8-12-20-30)31-28-35(45-5)38(46-6)36(29-31)48-49(41(2,3)4,32-21-13-9-14-22-32)33-23-15-10-16-24-33/h7,9-10,13-16,21-24,28-30,34,37H,1,8,11-12,17-20,25-27H2,2-6H3/t34-,37-/m0/s1. The van der Waals surface area contributed by atoms with Gasteiger partial charge >= 0.3 is 14.3 Å². The molecule has 1 aliphatic carbocycles. The number of rotatable bonds is 12. The molecular formula is C41H53NO6Si. The SMILES string of the molecule is C=CCOC(=O)[C@@H]1CCCCN1C(=O)[C@H](c1cc(OC)c(OC)c(O[Si](c2ccccc2)(c2ccccc2)C(C)(C)C)c1)C1CCCCC1. The highest BCUT2D eigenvalue weighted by Crippen LogP contribution is 2.47. The minimum atomic E-state index is -3.07.